The van der Waals surface area contributed by atoms with Crippen LogP contribution in [-0.2, 0) is 0 Å². The van der Waals surface area contributed by atoms with Gasteiger partial charge < -0.3 is 5.11 Å². The highest BCUT2D eigenvalue weighted by atomic mass is 31.2. The van der Waals surface area contributed by atoms with Gasteiger partial charge in [-0.2, -0.15) is 7.11 Å². The molecule has 0 fully saturated rings. The first kappa shape index (κ1) is 26.3. The van der Waals surface area contributed by atoms with E-state index in [-0.39, 0.29) is 0 Å². The Labute approximate surface area is 189 Å². The summed E-state index contributed by atoms with van der Waals surface area (Å²) in [5.41, 5.74) is 0. The molecular formula is C29H35OP. The summed E-state index contributed by atoms with van der Waals surface area (Å²) < 4.78 is 0. The van der Waals surface area contributed by atoms with Crippen LogP contribution in [0.1, 0.15) is 27.7 Å². The zero-order valence-corrected chi connectivity index (χ0v) is 20.3. The molecule has 0 atom stereocenters. The first-order chi connectivity index (χ1) is 15.4. The summed E-state index contributed by atoms with van der Waals surface area (Å²) in [6.45, 7) is 8.00. The molecule has 0 saturated carbocycles. The summed E-state index contributed by atoms with van der Waals surface area (Å²) in [5.74, 6) is 0. The van der Waals surface area contributed by atoms with Crippen LogP contribution in [0.5, 0.6) is 0 Å². The second-order valence-electron chi connectivity index (χ2n) is 6.01. The van der Waals surface area contributed by atoms with Gasteiger partial charge in [-0.1, -0.05) is 100 Å². The van der Waals surface area contributed by atoms with Gasteiger partial charge in [-0.15, -0.1) is 0 Å². The number of hydrogen-bond acceptors (Lipinski definition) is 1. The minimum absolute atomic E-state index is 0.750. The van der Waals surface area contributed by atoms with Gasteiger partial charge in [0.25, 0.3) is 0 Å². The van der Waals surface area contributed by atoms with E-state index in [9.17, 15) is 0 Å². The predicted octanol–water partition coefficient (Wildman–Crippen LogP) is 5.33. The summed E-state index contributed by atoms with van der Waals surface area (Å²) in [6, 6.07) is 43.8. The van der Waals surface area contributed by atoms with Crippen LogP contribution in [-0.4, -0.2) is 7.11 Å². The van der Waals surface area contributed by atoms with Crippen LogP contribution >= 0.6 is 7.26 Å². The topological polar surface area (TPSA) is 23.1 Å². The predicted molar refractivity (Wildman–Crippen MR) is 140 cm³/mol. The van der Waals surface area contributed by atoms with Gasteiger partial charge in [0.15, 0.2) is 0 Å². The number of hydrogen-bond donors (Lipinski definition) is 0. The van der Waals surface area contributed by atoms with Gasteiger partial charge in [-0.3, -0.25) is 0 Å². The van der Waals surface area contributed by atoms with Crippen molar-refractivity contribution in [2.75, 3.05) is 7.11 Å². The Hall–Kier alpha value is -2.73. The van der Waals surface area contributed by atoms with Crippen molar-refractivity contribution in [2.45, 2.75) is 27.7 Å². The molecule has 4 aromatic carbocycles. The maximum Gasteiger partial charge on any atom is 0.144 e. The van der Waals surface area contributed by atoms with Gasteiger partial charge in [0.1, 0.15) is 28.5 Å². The van der Waals surface area contributed by atoms with Gasteiger partial charge in [-0.25, -0.2) is 0 Å². The minimum Gasteiger partial charge on any atom is -0.857 e. The smallest absolute Gasteiger partial charge is 0.144 e. The molecule has 0 spiro atoms. The van der Waals surface area contributed by atoms with E-state index in [0.717, 1.165) is 7.11 Å². The molecule has 0 bridgehead atoms. The molecule has 0 unspecified atom stereocenters. The zero-order chi connectivity index (χ0) is 23.0. The lowest BCUT2D eigenvalue weighted by molar-refractivity contribution is -0.325. The highest BCUT2D eigenvalue weighted by Gasteiger charge is 2.47. The van der Waals surface area contributed by atoms with E-state index >= 15 is 0 Å². The summed E-state index contributed by atoms with van der Waals surface area (Å²) in [6.07, 6.45) is 0. The number of benzene rings is 4. The maximum absolute atomic E-state index is 8.25. The Morgan fingerprint density at radius 3 is 0.677 bits per heavy atom. The van der Waals surface area contributed by atoms with E-state index in [4.69, 9.17) is 5.11 Å². The molecule has 0 amide bonds. The Morgan fingerprint density at radius 1 is 0.355 bits per heavy atom. The quantitative estimate of drug-likeness (QED) is 0.401. The van der Waals surface area contributed by atoms with Crippen molar-refractivity contribution in [3.63, 3.8) is 0 Å². The SMILES string of the molecule is CC.CC.C[O-].c1ccc([P+](c2ccccc2)(c2ccccc2)c2ccccc2)cc1. The molecule has 1 nitrogen and oxygen atoms in total. The van der Waals surface area contributed by atoms with E-state index in [1.54, 1.807) is 0 Å². The van der Waals surface area contributed by atoms with Gasteiger partial charge in [0, 0.05) is 0 Å². The third-order valence-electron chi connectivity index (χ3n) is 4.57. The van der Waals surface area contributed by atoms with Crippen molar-refractivity contribution in [2.24, 2.45) is 0 Å². The Morgan fingerprint density at radius 2 is 0.516 bits per heavy atom. The minimum atomic E-state index is -1.91. The normalized spacial score (nSPS) is 9.61. The molecule has 0 aliphatic rings. The van der Waals surface area contributed by atoms with Crippen molar-refractivity contribution in [1.29, 1.82) is 0 Å². The van der Waals surface area contributed by atoms with Crippen LogP contribution < -0.4 is 26.3 Å². The Balaban J connectivity index is 0.000000739. The fourth-order valence-electron chi connectivity index (χ4n) is 3.50. The van der Waals surface area contributed by atoms with Gasteiger partial charge in [0.05, 0.1) is 0 Å². The Bertz CT molecular complexity index is 760. The van der Waals surface area contributed by atoms with Crippen LogP contribution in [0.25, 0.3) is 0 Å². The largest absolute Gasteiger partial charge is 0.857 e. The summed E-state index contributed by atoms with van der Waals surface area (Å²) >= 11 is 0. The van der Waals surface area contributed by atoms with E-state index < -0.39 is 7.26 Å². The van der Waals surface area contributed by atoms with Crippen LogP contribution in [0.4, 0.5) is 0 Å². The Kier molecular flexibility index (Phi) is 12.8. The molecule has 162 valence electrons. The van der Waals surface area contributed by atoms with Crippen molar-refractivity contribution < 1.29 is 5.11 Å². The highest BCUT2D eigenvalue weighted by molar-refractivity contribution is 8.01. The molecule has 2 heteroatoms. The van der Waals surface area contributed by atoms with E-state index in [1.165, 1.54) is 21.2 Å². The fraction of sp³-hybridized carbons (Fsp3) is 0.172. The third kappa shape index (κ3) is 6.14. The van der Waals surface area contributed by atoms with Crippen LogP contribution in [0.3, 0.4) is 0 Å². The fourth-order valence-corrected chi connectivity index (χ4v) is 7.77. The second kappa shape index (κ2) is 15.1. The first-order valence-corrected chi connectivity index (χ1v) is 12.7. The zero-order valence-electron chi connectivity index (χ0n) is 19.4. The molecule has 0 aliphatic carbocycles. The lowest BCUT2D eigenvalue weighted by atomic mass is 10.3. The van der Waals surface area contributed by atoms with Crippen LogP contribution in [0, 0.1) is 0 Å². The molecule has 0 aromatic heterocycles. The monoisotopic (exact) mass is 430 g/mol. The molecule has 4 rings (SSSR count). The van der Waals surface area contributed by atoms with Crippen LogP contribution in [0.15, 0.2) is 121 Å². The average molecular weight is 431 g/mol. The number of rotatable bonds is 4. The van der Waals surface area contributed by atoms with Crippen LogP contribution in [0.2, 0.25) is 0 Å². The van der Waals surface area contributed by atoms with E-state index in [0.29, 0.717) is 0 Å². The van der Waals surface area contributed by atoms with E-state index in [1.807, 2.05) is 27.7 Å². The second-order valence-corrected chi connectivity index (χ2v) is 9.42. The van der Waals surface area contributed by atoms with Crippen molar-refractivity contribution in [3.05, 3.63) is 121 Å². The van der Waals surface area contributed by atoms with Crippen molar-refractivity contribution in [1.82, 2.24) is 0 Å². The summed E-state index contributed by atoms with van der Waals surface area (Å²) in [4.78, 5) is 0. The molecule has 0 radical (unpaired) electrons. The lowest BCUT2D eigenvalue weighted by Gasteiger charge is -2.27. The highest BCUT2D eigenvalue weighted by Crippen LogP contribution is 2.53. The molecule has 0 saturated heterocycles. The molecule has 0 heterocycles. The summed E-state index contributed by atoms with van der Waals surface area (Å²) in [5, 5.41) is 13.8. The third-order valence-corrected chi connectivity index (χ3v) is 8.86. The van der Waals surface area contributed by atoms with Gasteiger partial charge in [0.2, 0.25) is 0 Å². The molecule has 0 N–H and O–H groups in total. The summed E-state index contributed by atoms with van der Waals surface area (Å²) in [7, 11) is -1.16. The lowest BCUT2D eigenvalue weighted by Crippen LogP contribution is -2.38. The van der Waals surface area contributed by atoms with E-state index in [2.05, 4.69) is 121 Å². The molecular weight excluding hydrogens is 395 g/mol. The van der Waals surface area contributed by atoms with Gasteiger partial charge in [-0.05, 0) is 48.5 Å². The van der Waals surface area contributed by atoms with Crippen molar-refractivity contribution in [3.8, 4) is 0 Å². The van der Waals surface area contributed by atoms with Crippen molar-refractivity contribution >= 4 is 28.5 Å². The molecule has 0 aliphatic heterocycles. The average Bonchev–Trinajstić information content (AvgIpc) is 2.91. The first-order valence-electron chi connectivity index (χ1n) is 10.9. The molecule has 4 aromatic rings. The maximum atomic E-state index is 8.25. The molecule has 31 heavy (non-hydrogen) atoms. The standard InChI is InChI=1S/C24H20P.2C2H6.CH3O/c1-5-13-21(14-6-1)25(22-15-7-2-8-16-22,23-17-9-3-10-18-23)24-19-11-4-12-20-24;3*1-2/h1-20H;2*1-2H3;1H3/q+1;;;-1. The van der Waals surface area contributed by atoms with Gasteiger partial charge >= 0.3 is 0 Å².